The standard InChI is InChI=1S/C11H7BrClFN4O/c12-6-4-7(14)8(15)3-5(6)10(19)17-9-1-2-16-11(13)18-9/h1-4H,15H2,(H,16,17,18,19). The van der Waals surface area contributed by atoms with Crippen LogP contribution in [0.4, 0.5) is 15.9 Å². The maximum atomic E-state index is 13.2. The fourth-order valence-corrected chi connectivity index (χ4v) is 1.97. The summed E-state index contributed by atoms with van der Waals surface area (Å²) in [5.41, 5.74) is 5.49. The summed E-state index contributed by atoms with van der Waals surface area (Å²) >= 11 is 8.69. The van der Waals surface area contributed by atoms with E-state index in [-0.39, 0.29) is 26.8 Å². The number of nitrogens with two attached hydrogens (primary N) is 1. The fraction of sp³-hybridized carbons (Fsp3) is 0. The van der Waals surface area contributed by atoms with E-state index in [1.807, 2.05) is 0 Å². The van der Waals surface area contributed by atoms with Crippen molar-refractivity contribution in [2.24, 2.45) is 0 Å². The van der Waals surface area contributed by atoms with Crippen LogP contribution in [0.25, 0.3) is 0 Å². The third-order valence-electron chi connectivity index (χ3n) is 2.20. The molecule has 0 atom stereocenters. The van der Waals surface area contributed by atoms with Crippen LogP contribution >= 0.6 is 27.5 Å². The van der Waals surface area contributed by atoms with Crippen LogP contribution in [0.5, 0.6) is 0 Å². The number of hydrogen-bond donors (Lipinski definition) is 2. The highest BCUT2D eigenvalue weighted by molar-refractivity contribution is 9.10. The van der Waals surface area contributed by atoms with Crippen LogP contribution in [-0.4, -0.2) is 15.9 Å². The molecule has 3 N–H and O–H groups in total. The normalized spacial score (nSPS) is 10.3. The predicted octanol–water partition coefficient (Wildman–Crippen LogP) is 2.87. The van der Waals surface area contributed by atoms with E-state index in [4.69, 9.17) is 17.3 Å². The average Bonchev–Trinajstić information content (AvgIpc) is 2.33. The van der Waals surface area contributed by atoms with E-state index in [0.717, 1.165) is 6.07 Å². The van der Waals surface area contributed by atoms with Crippen LogP contribution in [-0.2, 0) is 0 Å². The molecule has 0 bridgehead atoms. The van der Waals surface area contributed by atoms with Gasteiger partial charge in [0.2, 0.25) is 5.28 Å². The van der Waals surface area contributed by atoms with E-state index >= 15 is 0 Å². The van der Waals surface area contributed by atoms with Gasteiger partial charge in [-0.15, -0.1) is 0 Å². The SMILES string of the molecule is Nc1cc(C(=O)Nc2ccnc(Cl)n2)c(Br)cc1F. The Hall–Kier alpha value is -1.73. The van der Waals surface area contributed by atoms with Gasteiger partial charge in [0.25, 0.3) is 5.91 Å². The number of nitrogens with one attached hydrogen (secondary N) is 1. The number of benzene rings is 1. The lowest BCUT2D eigenvalue weighted by molar-refractivity contribution is 0.102. The Balaban J connectivity index is 2.28. The summed E-state index contributed by atoms with van der Waals surface area (Å²) in [6.07, 6.45) is 1.40. The van der Waals surface area contributed by atoms with Crippen LogP contribution in [0.15, 0.2) is 28.9 Å². The van der Waals surface area contributed by atoms with Crippen molar-refractivity contribution < 1.29 is 9.18 Å². The van der Waals surface area contributed by atoms with Gasteiger partial charge in [-0.25, -0.2) is 14.4 Å². The van der Waals surface area contributed by atoms with E-state index in [0.29, 0.717) is 0 Å². The summed E-state index contributed by atoms with van der Waals surface area (Å²) in [5.74, 6) is -0.860. The number of halogens is 3. The van der Waals surface area contributed by atoms with Crippen molar-refractivity contribution in [3.63, 3.8) is 0 Å². The predicted molar refractivity (Wildman–Crippen MR) is 73.5 cm³/mol. The first-order chi connectivity index (χ1) is 8.97. The zero-order chi connectivity index (χ0) is 14.0. The van der Waals surface area contributed by atoms with Crippen molar-refractivity contribution in [2.45, 2.75) is 0 Å². The Bertz CT molecular complexity index is 653. The van der Waals surface area contributed by atoms with Gasteiger partial charge in [0.15, 0.2) is 0 Å². The summed E-state index contributed by atoms with van der Waals surface area (Å²) in [5, 5.41) is 2.51. The van der Waals surface area contributed by atoms with E-state index in [2.05, 4.69) is 31.2 Å². The third kappa shape index (κ3) is 3.18. The number of aromatic nitrogens is 2. The average molecular weight is 346 g/mol. The minimum Gasteiger partial charge on any atom is -0.396 e. The van der Waals surface area contributed by atoms with E-state index in [1.54, 1.807) is 0 Å². The molecule has 0 aliphatic carbocycles. The van der Waals surface area contributed by atoms with Gasteiger partial charge in [-0.1, -0.05) is 0 Å². The van der Waals surface area contributed by atoms with Crippen LogP contribution < -0.4 is 11.1 Å². The molecule has 1 aromatic carbocycles. The molecule has 8 heteroatoms. The molecule has 1 amide bonds. The second-order valence-corrected chi connectivity index (χ2v) is 4.71. The molecule has 1 heterocycles. The summed E-state index contributed by atoms with van der Waals surface area (Å²) in [7, 11) is 0. The molecule has 19 heavy (non-hydrogen) atoms. The molecular weight excluding hydrogens is 339 g/mol. The highest BCUT2D eigenvalue weighted by Gasteiger charge is 2.14. The van der Waals surface area contributed by atoms with Crippen LogP contribution in [0.3, 0.4) is 0 Å². The van der Waals surface area contributed by atoms with Gasteiger partial charge < -0.3 is 11.1 Å². The zero-order valence-electron chi connectivity index (χ0n) is 9.32. The molecule has 0 saturated heterocycles. The molecule has 0 unspecified atom stereocenters. The highest BCUT2D eigenvalue weighted by Crippen LogP contribution is 2.23. The van der Waals surface area contributed by atoms with Crippen LogP contribution in [0.2, 0.25) is 5.28 Å². The molecule has 98 valence electrons. The number of amides is 1. The smallest absolute Gasteiger partial charge is 0.258 e. The Morgan fingerprint density at radius 1 is 1.47 bits per heavy atom. The van der Waals surface area contributed by atoms with Crippen molar-refractivity contribution in [1.82, 2.24) is 9.97 Å². The van der Waals surface area contributed by atoms with Gasteiger partial charge in [-0.2, -0.15) is 0 Å². The van der Waals surface area contributed by atoms with Crippen molar-refractivity contribution in [3.8, 4) is 0 Å². The summed E-state index contributed by atoms with van der Waals surface area (Å²) in [6, 6.07) is 3.83. The molecule has 0 spiro atoms. The minimum absolute atomic E-state index is 0.00971. The monoisotopic (exact) mass is 344 g/mol. The fourth-order valence-electron chi connectivity index (χ4n) is 1.33. The van der Waals surface area contributed by atoms with Crippen molar-refractivity contribution >= 4 is 44.9 Å². The van der Waals surface area contributed by atoms with Gasteiger partial charge >= 0.3 is 0 Å². The highest BCUT2D eigenvalue weighted by atomic mass is 79.9. The van der Waals surface area contributed by atoms with Gasteiger partial charge in [0.1, 0.15) is 11.6 Å². The molecule has 0 aliphatic heterocycles. The minimum atomic E-state index is -0.603. The molecule has 0 aliphatic rings. The number of rotatable bonds is 2. The summed E-state index contributed by atoms with van der Waals surface area (Å²) < 4.78 is 13.5. The molecule has 0 radical (unpaired) electrons. The second-order valence-electron chi connectivity index (χ2n) is 3.52. The van der Waals surface area contributed by atoms with Gasteiger partial charge in [0.05, 0.1) is 11.3 Å². The molecule has 0 fully saturated rings. The third-order valence-corrected chi connectivity index (χ3v) is 3.04. The maximum absolute atomic E-state index is 13.2. The molecule has 0 saturated carbocycles. The molecular formula is C11H7BrClFN4O. The molecule has 1 aromatic heterocycles. The largest absolute Gasteiger partial charge is 0.396 e. The first kappa shape index (κ1) is 13.7. The van der Waals surface area contributed by atoms with Crippen molar-refractivity contribution in [1.29, 1.82) is 0 Å². The Morgan fingerprint density at radius 3 is 2.89 bits per heavy atom. The van der Waals surface area contributed by atoms with Crippen LogP contribution in [0, 0.1) is 5.82 Å². The lowest BCUT2D eigenvalue weighted by Crippen LogP contribution is -2.14. The topological polar surface area (TPSA) is 80.9 Å². The first-order valence-electron chi connectivity index (χ1n) is 5.02. The van der Waals surface area contributed by atoms with E-state index in [9.17, 15) is 9.18 Å². The van der Waals surface area contributed by atoms with E-state index in [1.165, 1.54) is 18.3 Å². The molecule has 2 rings (SSSR count). The van der Waals surface area contributed by atoms with E-state index < -0.39 is 11.7 Å². The quantitative estimate of drug-likeness (QED) is 0.648. The first-order valence-corrected chi connectivity index (χ1v) is 6.19. The lowest BCUT2D eigenvalue weighted by Gasteiger charge is -2.07. The zero-order valence-corrected chi connectivity index (χ0v) is 11.7. The Morgan fingerprint density at radius 2 is 2.21 bits per heavy atom. The number of carbonyl (C=O) groups is 1. The van der Waals surface area contributed by atoms with Crippen LogP contribution in [0.1, 0.15) is 10.4 Å². The number of nitrogens with zero attached hydrogens (tertiary/aromatic N) is 2. The number of anilines is 2. The molecule has 5 nitrogen and oxygen atoms in total. The number of hydrogen-bond acceptors (Lipinski definition) is 4. The van der Waals surface area contributed by atoms with Crippen molar-refractivity contribution in [2.75, 3.05) is 11.1 Å². The van der Waals surface area contributed by atoms with Gasteiger partial charge in [-0.05, 0) is 45.7 Å². The Kier molecular flexibility index (Phi) is 3.96. The molecule has 2 aromatic rings. The van der Waals surface area contributed by atoms with Gasteiger partial charge in [-0.3, -0.25) is 4.79 Å². The number of carbonyl (C=O) groups excluding carboxylic acids is 1. The lowest BCUT2D eigenvalue weighted by atomic mass is 10.2. The Labute approximate surface area is 121 Å². The number of nitrogen functional groups attached to an aromatic ring is 1. The van der Waals surface area contributed by atoms with Crippen molar-refractivity contribution in [3.05, 3.63) is 45.5 Å². The summed E-state index contributed by atoms with van der Waals surface area (Å²) in [6.45, 7) is 0. The maximum Gasteiger partial charge on any atom is 0.258 e. The second kappa shape index (κ2) is 5.50. The van der Waals surface area contributed by atoms with Gasteiger partial charge in [0, 0.05) is 10.7 Å². The summed E-state index contributed by atoms with van der Waals surface area (Å²) in [4.78, 5) is 19.5.